The largest absolute Gasteiger partial charge is 0.308 e. The van der Waals surface area contributed by atoms with E-state index in [0.717, 1.165) is 11.4 Å². The van der Waals surface area contributed by atoms with Crippen LogP contribution in [0.4, 0.5) is 0 Å². The first-order chi connectivity index (χ1) is 8.20. The van der Waals surface area contributed by atoms with E-state index < -0.39 is 0 Å². The lowest BCUT2D eigenvalue weighted by atomic mass is 10.0. The average Bonchev–Trinajstić information content (AvgIpc) is 2.33. The fourth-order valence-electron chi connectivity index (χ4n) is 1.97. The molecule has 1 atom stereocenters. The van der Waals surface area contributed by atoms with E-state index in [1.54, 1.807) is 0 Å². The van der Waals surface area contributed by atoms with Gasteiger partial charge in [-0.2, -0.15) is 0 Å². The summed E-state index contributed by atoms with van der Waals surface area (Å²) in [4.78, 5) is 4.58. The second kappa shape index (κ2) is 5.11. The van der Waals surface area contributed by atoms with Gasteiger partial charge in [-0.1, -0.05) is 35.9 Å². The number of nitrogens with zero attached hydrogens (tertiary/aromatic N) is 1. The lowest BCUT2D eigenvalue weighted by Gasteiger charge is -2.16. The smallest absolute Gasteiger partial charge is 0.0749 e. The van der Waals surface area contributed by atoms with Crippen molar-refractivity contribution in [3.8, 4) is 0 Å². The molecule has 0 aliphatic heterocycles. The van der Waals surface area contributed by atoms with Crippen LogP contribution in [0.1, 0.15) is 28.6 Å². The summed E-state index contributed by atoms with van der Waals surface area (Å²) in [6, 6.07) is 14.9. The predicted molar refractivity (Wildman–Crippen MR) is 71.1 cm³/mol. The van der Waals surface area contributed by atoms with Crippen molar-refractivity contribution in [2.24, 2.45) is 0 Å². The van der Waals surface area contributed by atoms with Gasteiger partial charge in [0.15, 0.2) is 0 Å². The van der Waals surface area contributed by atoms with Crippen LogP contribution < -0.4 is 5.32 Å². The van der Waals surface area contributed by atoms with Crippen LogP contribution >= 0.6 is 0 Å². The molecule has 1 N–H and O–H groups in total. The summed E-state index contributed by atoms with van der Waals surface area (Å²) < 4.78 is 0. The maximum absolute atomic E-state index is 4.58. The molecule has 17 heavy (non-hydrogen) atoms. The molecule has 88 valence electrons. The highest BCUT2D eigenvalue weighted by molar-refractivity contribution is 5.30. The summed E-state index contributed by atoms with van der Waals surface area (Å²) in [5.41, 5.74) is 4.64. The predicted octanol–water partition coefficient (Wildman–Crippen LogP) is 3.01. The van der Waals surface area contributed by atoms with Crippen LogP contribution in [-0.2, 0) is 0 Å². The number of nitrogens with one attached hydrogen (secondary N) is 1. The van der Waals surface area contributed by atoms with Crippen molar-refractivity contribution in [2.45, 2.75) is 19.9 Å². The Balaban J connectivity index is 2.36. The molecule has 0 fully saturated rings. The van der Waals surface area contributed by atoms with Gasteiger partial charge in [0.25, 0.3) is 0 Å². The van der Waals surface area contributed by atoms with E-state index in [0.29, 0.717) is 0 Å². The molecule has 2 rings (SSSR count). The number of rotatable bonds is 3. The minimum atomic E-state index is 0.163. The Labute approximate surface area is 103 Å². The van der Waals surface area contributed by atoms with Gasteiger partial charge < -0.3 is 5.32 Å². The third-order valence-electron chi connectivity index (χ3n) is 2.90. The zero-order chi connectivity index (χ0) is 12.3. The third-order valence-corrected chi connectivity index (χ3v) is 2.90. The van der Waals surface area contributed by atoms with E-state index in [2.05, 4.69) is 53.6 Å². The first kappa shape index (κ1) is 11.8. The molecule has 0 aliphatic rings. The maximum atomic E-state index is 4.58. The molecular formula is C15H18N2. The molecule has 0 aliphatic carbocycles. The highest BCUT2D eigenvalue weighted by Crippen LogP contribution is 2.20. The van der Waals surface area contributed by atoms with Gasteiger partial charge >= 0.3 is 0 Å². The summed E-state index contributed by atoms with van der Waals surface area (Å²) in [6.07, 6.45) is 0. The van der Waals surface area contributed by atoms with Crippen LogP contribution in [0.25, 0.3) is 0 Å². The van der Waals surface area contributed by atoms with Gasteiger partial charge in [0.05, 0.1) is 11.7 Å². The third kappa shape index (κ3) is 2.71. The number of aryl methyl sites for hydroxylation is 2. The highest BCUT2D eigenvalue weighted by Gasteiger charge is 2.12. The zero-order valence-corrected chi connectivity index (χ0v) is 10.6. The van der Waals surface area contributed by atoms with Crippen molar-refractivity contribution in [1.82, 2.24) is 10.3 Å². The quantitative estimate of drug-likeness (QED) is 0.870. The van der Waals surface area contributed by atoms with Gasteiger partial charge in [-0.25, -0.2) is 0 Å². The Bertz CT molecular complexity index is 489. The minimum absolute atomic E-state index is 0.163. The van der Waals surface area contributed by atoms with Crippen LogP contribution in [0.15, 0.2) is 42.5 Å². The minimum Gasteiger partial charge on any atom is -0.308 e. The summed E-state index contributed by atoms with van der Waals surface area (Å²) in [5, 5.41) is 3.32. The van der Waals surface area contributed by atoms with Crippen LogP contribution in [0, 0.1) is 13.8 Å². The molecule has 0 saturated heterocycles. The van der Waals surface area contributed by atoms with Gasteiger partial charge in [0.1, 0.15) is 0 Å². The molecular weight excluding hydrogens is 208 g/mol. The number of aromatic nitrogens is 1. The molecule has 0 spiro atoms. The van der Waals surface area contributed by atoms with Crippen molar-refractivity contribution < 1.29 is 0 Å². The van der Waals surface area contributed by atoms with Gasteiger partial charge in [0.2, 0.25) is 0 Å². The Morgan fingerprint density at radius 2 is 1.71 bits per heavy atom. The monoisotopic (exact) mass is 226 g/mol. The van der Waals surface area contributed by atoms with Crippen molar-refractivity contribution in [3.63, 3.8) is 0 Å². The lowest BCUT2D eigenvalue weighted by molar-refractivity contribution is 0.668. The molecule has 0 saturated carbocycles. The molecule has 2 nitrogen and oxygen atoms in total. The average molecular weight is 226 g/mol. The fourth-order valence-corrected chi connectivity index (χ4v) is 1.97. The number of benzene rings is 1. The van der Waals surface area contributed by atoms with Gasteiger partial charge in [0, 0.05) is 5.69 Å². The van der Waals surface area contributed by atoms with Crippen LogP contribution in [-0.4, -0.2) is 12.0 Å². The molecule has 0 radical (unpaired) electrons. The fraction of sp³-hybridized carbons (Fsp3) is 0.267. The molecule has 2 heteroatoms. The van der Waals surface area contributed by atoms with E-state index in [4.69, 9.17) is 0 Å². The molecule has 1 aromatic heterocycles. The number of pyridine rings is 1. The summed E-state index contributed by atoms with van der Waals surface area (Å²) in [5.74, 6) is 0. The molecule has 0 amide bonds. The van der Waals surface area contributed by atoms with Crippen LogP contribution in [0.3, 0.4) is 0 Å². The zero-order valence-electron chi connectivity index (χ0n) is 10.6. The first-order valence-electron chi connectivity index (χ1n) is 5.88. The normalized spacial score (nSPS) is 12.4. The molecule has 0 unspecified atom stereocenters. The lowest BCUT2D eigenvalue weighted by Crippen LogP contribution is -2.19. The van der Waals surface area contributed by atoms with Crippen molar-refractivity contribution in [1.29, 1.82) is 0 Å². The van der Waals surface area contributed by atoms with Crippen molar-refractivity contribution in [2.75, 3.05) is 7.05 Å². The van der Waals surface area contributed by atoms with Crippen LogP contribution in [0.5, 0.6) is 0 Å². The van der Waals surface area contributed by atoms with E-state index in [1.807, 2.05) is 20.0 Å². The summed E-state index contributed by atoms with van der Waals surface area (Å²) >= 11 is 0. The van der Waals surface area contributed by atoms with Gasteiger partial charge in [-0.3, -0.25) is 4.98 Å². The van der Waals surface area contributed by atoms with E-state index in [-0.39, 0.29) is 6.04 Å². The van der Waals surface area contributed by atoms with E-state index in [9.17, 15) is 0 Å². The van der Waals surface area contributed by atoms with Gasteiger partial charge in [-0.15, -0.1) is 0 Å². The van der Waals surface area contributed by atoms with Gasteiger partial charge in [-0.05, 0) is 38.6 Å². The topological polar surface area (TPSA) is 24.9 Å². The second-order valence-electron chi connectivity index (χ2n) is 4.34. The SMILES string of the molecule is CN[C@@H](c1ccc(C)cc1)c1cccc(C)n1. The molecule has 0 bridgehead atoms. The number of hydrogen-bond acceptors (Lipinski definition) is 2. The second-order valence-corrected chi connectivity index (χ2v) is 4.34. The standard InChI is InChI=1S/C15H18N2/c1-11-7-9-13(10-8-11)15(16-3)14-6-4-5-12(2)17-14/h4-10,15-16H,1-3H3/t15-/m0/s1. The Morgan fingerprint density at radius 3 is 2.29 bits per heavy atom. The maximum Gasteiger partial charge on any atom is 0.0749 e. The van der Waals surface area contributed by atoms with E-state index in [1.165, 1.54) is 11.1 Å². The Morgan fingerprint density at radius 1 is 1.00 bits per heavy atom. The van der Waals surface area contributed by atoms with Crippen LogP contribution in [0.2, 0.25) is 0 Å². The highest BCUT2D eigenvalue weighted by atomic mass is 14.9. The number of hydrogen-bond donors (Lipinski definition) is 1. The molecule has 1 heterocycles. The van der Waals surface area contributed by atoms with E-state index >= 15 is 0 Å². The summed E-state index contributed by atoms with van der Waals surface area (Å²) in [6.45, 7) is 4.12. The Hall–Kier alpha value is -1.67. The Kier molecular flexibility index (Phi) is 3.55. The summed E-state index contributed by atoms with van der Waals surface area (Å²) in [7, 11) is 1.97. The first-order valence-corrected chi connectivity index (χ1v) is 5.88. The molecule has 1 aromatic carbocycles. The van der Waals surface area contributed by atoms with Crippen molar-refractivity contribution >= 4 is 0 Å². The van der Waals surface area contributed by atoms with Crippen molar-refractivity contribution in [3.05, 3.63) is 65.0 Å². The molecule has 2 aromatic rings.